The predicted octanol–water partition coefficient (Wildman–Crippen LogP) is 4.00. The van der Waals surface area contributed by atoms with E-state index in [9.17, 15) is 19.5 Å². The van der Waals surface area contributed by atoms with Gasteiger partial charge in [0.15, 0.2) is 0 Å². The number of ether oxygens (including phenoxy) is 2. The van der Waals surface area contributed by atoms with Crippen molar-refractivity contribution >= 4 is 50.2 Å². The molecule has 0 aromatic heterocycles. The standard InChI is InChI=1S/C31H35BrN2O6/c1-3-14-33(22-13-12-20-10-6-7-11-21(20)18-22)29(37)27-31-19-23(32)26(40-31)24(30(38)39-17-4-2)25(31)28(36)34(27)15-8-5-9-16-35/h3-4,6-7,10-13,18,23-27,35H,1-2,5,8-9,14-17,19H2/t23?,24-,25-,26-,27?,31?/m0/s1. The minimum atomic E-state index is -1.17. The number of carbonyl (C=O) groups excluding carboxylic acids is 3. The van der Waals surface area contributed by atoms with E-state index in [4.69, 9.17) is 9.47 Å². The van der Waals surface area contributed by atoms with Gasteiger partial charge < -0.3 is 24.4 Å². The Balaban J connectivity index is 1.55. The number of alkyl halides is 1. The molecule has 9 heteroatoms. The van der Waals surface area contributed by atoms with Crippen molar-refractivity contribution in [2.24, 2.45) is 11.8 Å². The summed E-state index contributed by atoms with van der Waals surface area (Å²) >= 11 is 3.68. The third kappa shape index (κ3) is 4.78. The smallest absolute Gasteiger partial charge is 0.312 e. The molecule has 1 N–H and O–H groups in total. The molecule has 40 heavy (non-hydrogen) atoms. The van der Waals surface area contributed by atoms with Crippen LogP contribution in [-0.2, 0) is 23.9 Å². The fourth-order valence-corrected chi connectivity index (χ4v) is 7.61. The van der Waals surface area contributed by atoms with Crippen LogP contribution in [0.25, 0.3) is 10.8 Å². The molecule has 2 aromatic rings. The highest BCUT2D eigenvalue weighted by Gasteiger charge is 2.77. The van der Waals surface area contributed by atoms with Crippen molar-refractivity contribution in [1.29, 1.82) is 0 Å². The van der Waals surface area contributed by atoms with Gasteiger partial charge in [-0.05, 0) is 48.6 Å². The molecule has 2 aromatic carbocycles. The number of anilines is 1. The molecule has 5 rings (SSSR count). The molecule has 1 spiro atoms. The van der Waals surface area contributed by atoms with Gasteiger partial charge in [0.1, 0.15) is 18.2 Å². The Morgan fingerprint density at radius 2 is 1.93 bits per heavy atom. The number of likely N-dealkylation sites (tertiary alicyclic amines) is 1. The van der Waals surface area contributed by atoms with E-state index in [0.29, 0.717) is 37.9 Å². The Labute approximate surface area is 242 Å². The van der Waals surface area contributed by atoms with Gasteiger partial charge in [-0.15, -0.1) is 6.58 Å². The summed E-state index contributed by atoms with van der Waals surface area (Å²) in [5, 5.41) is 11.3. The van der Waals surface area contributed by atoms with Gasteiger partial charge in [0.2, 0.25) is 5.91 Å². The van der Waals surface area contributed by atoms with E-state index in [-0.39, 0.29) is 36.4 Å². The number of aliphatic hydroxyl groups excluding tert-OH is 1. The van der Waals surface area contributed by atoms with Crippen LogP contribution in [0.1, 0.15) is 25.7 Å². The van der Waals surface area contributed by atoms with Crippen molar-refractivity contribution in [1.82, 2.24) is 4.90 Å². The summed E-state index contributed by atoms with van der Waals surface area (Å²) in [6, 6.07) is 12.8. The number of rotatable bonds is 12. The normalized spacial score (nSPS) is 28.5. The van der Waals surface area contributed by atoms with Gasteiger partial charge in [0.25, 0.3) is 5.91 Å². The molecule has 3 fully saturated rings. The molecule has 3 unspecified atom stereocenters. The van der Waals surface area contributed by atoms with Gasteiger partial charge in [-0.3, -0.25) is 14.4 Å². The topological polar surface area (TPSA) is 96.4 Å². The molecule has 2 amide bonds. The first-order chi connectivity index (χ1) is 19.4. The maximum absolute atomic E-state index is 14.6. The lowest BCUT2D eigenvalue weighted by Crippen LogP contribution is -2.57. The molecule has 3 aliphatic heterocycles. The molecule has 2 bridgehead atoms. The molecule has 0 aliphatic carbocycles. The maximum atomic E-state index is 14.6. The second-order valence-corrected chi connectivity index (χ2v) is 11.8. The SMILES string of the molecule is C=CCOC(=O)[C@H]1[C@H]2C(=O)N(CCCCCO)C(C(=O)N(CC=C)c3ccc4ccccc4c3)C23CC(Br)[C@@H]1O3. The molecule has 0 radical (unpaired) electrons. The first-order valence-corrected chi connectivity index (χ1v) is 14.7. The molecule has 3 saturated heterocycles. The molecule has 3 heterocycles. The quantitative estimate of drug-likeness (QED) is 0.169. The van der Waals surface area contributed by atoms with E-state index < -0.39 is 35.6 Å². The Morgan fingerprint density at radius 1 is 1.15 bits per heavy atom. The molecular formula is C31H35BrN2O6. The van der Waals surface area contributed by atoms with E-state index in [1.165, 1.54) is 6.08 Å². The summed E-state index contributed by atoms with van der Waals surface area (Å²) < 4.78 is 12.0. The van der Waals surface area contributed by atoms with Crippen LogP contribution in [-0.4, -0.2) is 76.7 Å². The van der Waals surface area contributed by atoms with Crippen LogP contribution in [0.15, 0.2) is 67.8 Å². The molecular weight excluding hydrogens is 576 g/mol. The summed E-state index contributed by atoms with van der Waals surface area (Å²) in [6.45, 7) is 8.16. The zero-order chi connectivity index (χ0) is 28.4. The van der Waals surface area contributed by atoms with Crippen molar-refractivity contribution in [3.63, 3.8) is 0 Å². The van der Waals surface area contributed by atoms with E-state index in [2.05, 4.69) is 29.1 Å². The summed E-state index contributed by atoms with van der Waals surface area (Å²) in [5.41, 5.74) is -0.473. The number of aliphatic hydroxyl groups is 1. The van der Waals surface area contributed by atoms with Crippen molar-refractivity contribution in [3.8, 4) is 0 Å². The van der Waals surface area contributed by atoms with Gasteiger partial charge in [0.05, 0.1) is 17.9 Å². The molecule has 8 nitrogen and oxygen atoms in total. The lowest BCUT2D eigenvalue weighted by atomic mass is 9.70. The molecule has 3 aliphatic rings. The molecule has 212 valence electrons. The van der Waals surface area contributed by atoms with E-state index in [0.717, 1.165) is 10.8 Å². The molecule has 6 atom stereocenters. The van der Waals surface area contributed by atoms with Crippen LogP contribution in [0.3, 0.4) is 0 Å². The van der Waals surface area contributed by atoms with Crippen LogP contribution in [0.2, 0.25) is 0 Å². The molecule has 0 saturated carbocycles. The third-order valence-electron chi connectivity index (χ3n) is 8.32. The lowest BCUT2D eigenvalue weighted by molar-refractivity contribution is -0.153. The highest BCUT2D eigenvalue weighted by Crippen LogP contribution is 2.60. The minimum absolute atomic E-state index is 0.0330. The average Bonchev–Trinajstić information content (AvgIpc) is 3.55. The summed E-state index contributed by atoms with van der Waals surface area (Å²) in [7, 11) is 0. The monoisotopic (exact) mass is 610 g/mol. The number of benzene rings is 2. The van der Waals surface area contributed by atoms with Crippen molar-refractivity contribution in [2.45, 2.75) is 48.3 Å². The fraction of sp³-hybridized carbons (Fsp3) is 0.452. The Morgan fingerprint density at radius 3 is 2.65 bits per heavy atom. The van der Waals surface area contributed by atoms with Crippen molar-refractivity contribution < 1.29 is 29.0 Å². The van der Waals surface area contributed by atoms with Gasteiger partial charge in [-0.2, -0.15) is 0 Å². The minimum Gasteiger partial charge on any atom is -0.461 e. The Kier molecular flexibility index (Phi) is 8.44. The Hall–Kier alpha value is -3.01. The summed E-state index contributed by atoms with van der Waals surface area (Å²) in [4.78, 5) is 45.0. The number of fused-ring (bicyclic) bond motifs is 2. The number of hydrogen-bond donors (Lipinski definition) is 1. The van der Waals surface area contributed by atoms with Crippen molar-refractivity contribution in [3.05, 3.63) is 67.8 Å². The van der Waals surface area contributed by atoms with Gasteiger partial charge in [-0.1, -0.05) is 65.0 Å². The summed E-state index contributed by atoms with van der Waals surface area (Å²) in [5.74, 6) is -2.69. The zero-order valence-electron chi connectivity index (χ0n) is 22.4. The predicted molar refractivity (Wildman–Crippen MR) is 156 cm³/mol. The second kappa shape index (κ2) is 11.8. The van der Waals surface area contributed by atoms with Crippen LogP contribution in [0, 0.1) is 11.8 Å². The first kappa shape index (κ1) is 28.5. The largest absolute Gasteiger partial charge is 0.461 e. The van der Waals surface area contributed by atoms with Crippen LogP contribution >= 0.6 is 15.9 Å². The number of esters is 1. The Bertz CT molecular complexity index is 1320. The van der Waals surface area contributed by atoms with Crippen LogP contribution in [0.5, 0.6) is 0 Å². The summed E-state index contributed by atoms with van der Waals surface area (Å²) in [6.07, 6.45) is 4.92. The van der Waals surface area contributed by atoms with Crippen LogP contribution < -0.4 is 4.90 Å². The average molecular weight is 612 g/mol. The highest BCUT2D eigenvalue weighted by molar-refractivity contribution is 9.09. The number of amides is 2. The van der Waals surface area contributed by atoms with Crippen LogP contribution in [0.4, 0.5) is 5.69 Å². The maximum Gasteiger partial charge on any atom is 0.312 e. The number of carbonyl (C=O) groups is 3. The van der Waals surface area contributed by atoms with Gasteiger partial charge in [0, 0.05) is 30.2 Å². The van der Waals surface area contributed by atoms with E-state index in [1.54, 1.807) is 15.9 Å². The second-order valence-electron chi connectivity index (χ2n) is 10.7. The van der Waals surface area contributed by atoms with Gasteiger partial charge in [-0.25, -0.2) is 0 Å². The van der Waals surface area contributed by atoms with Gasteiger partial charge >= 0.3 is 5.97 Å². The van der Waals surface area contributed by atoms with E-state index in [1.807, 2.05) is 42.5 Å². The number of halogens is 1. The third-order valence-corrected chi connectivity index (χ3v) is 9.16. The fourth-order valence-electron chi connectivity index (χ4n) is 6.67. The highest BCUT2D eigenvalue weighted by atomic mass is 79.9. The number of unbranched alkanes of at least 4 members (excludes halogenated alkanes) is 2. The zero-order valence-corrected chi connectivity index (χ0v) is 24.0. The lowest BCUT2D eigenvalue weighted by Gasteiger charge is -2.37. The first-order valence-electron chi connectivity index (χ1n) is 13.8. The van der Waals surface area contributed by atoms with Crippen molar-refractivity contribution in [2.75, 3.05) is 31.2 Å². The number of hydrogen-bond acceptors (Lipinski definition) is 6. The van der Waals surface area contributed by atoms with E-state index >= 15 is 0 Å². The number of nitrogens with zero attached hydrogens (tertiary/aromatic N) is 2.